The second kappa shape index (κ2) is 4.99. The number of carbonyl (C=O) groups excluding carboxylic acids is 1. The van der Waals surface area contributed by atoms with Gasteiger partial charge in [-0.3, -0.25) is 4.79 Å². The molecule has 1 saturated heterocycles. The van der Waals surface area contributed by atoms with Crippen molar-refractivity contribution in [2.45, 2.75) is 57.2 Å². The summed E-state index contributed by atoms with van der Waals surface area (Å²) >= 11 is 0. The van der Waals surface area contributed by atoms with Crippen molar-refractivity contribution in [3.63, 3.8) is 0 Å². The van der Waals surface area contributed by atoms with Gasteiger partial charge in [-0.2, -0.15) is 0 Å². The van der Waals surface area contributed by atoms with Gasteiger partial charge in [0, 0.05) is 24.0 Å². The first-order valence-corrected chi connectivity index (χ1v) is 6.83. The second-order valence-electron chi connectivity index (χ2n) is 5.96. The molecule has 5 heteroatoms. The first kappa shape index (κ1) is 14.1. The SMILES string of the molecule is CC(N)C(=O)NC1C2CCOC2C12CCCC2.Cl. The summed E-state index contributed by atoms with van der Waals surface area (Å²) in [5.41, 5.74) is 5.89. The smallest absolute Gasteiger partial charge is 0.236 e. The van der Waals surface area contributed by atoms with E-state index in [4.69, 9.17) is 10.5 Å². The number of carbonyl (C=O) groups is 1. The van der Waals surface area contributed by atoms with E-state index < -0.39 is 6.04 Å². The van der Waals surface area contributed by atoms with Gasteiger partial charge in [-0.05, 0) is 26.2 Å². The molecule has 3 rings (SSSR count). The van der Waals surface area contributed by atoms with Gasteiger partial charge in [-0.15, -0.1) is 12.4 Å². The summed E-state index contributed by atoms with van der Waals surface area (Å²) < 4.78 is 5.88. The van der Waals surface area contributed by atoms with Gasteiger partial charge in [0.1, 0.15) is 0 Å². The van der Waals surface area contributed by atoms with E-state index in [-0.39, 0.29) is 23.7 Å². The molecular weight excluding hydrogens is 252 g/mol. The highest BCUT2D eigenvalue weighted by Crippen LogP contribution is 2.60. The van der Waals surface area contributed by atoms with E-state index in [1.165, 1.54) is 25.7 Å². The molecule has 2 saturated carbocycles. The largest absolute Gasteiger partial charge is 0.377 e. The van der Waals surface area contributed by atoms with Crippen LogP contribution >= 0.6 is 12.4 Å². The van der Waals surface area contributed by atoms with Crippen LogP contribution in [-0.2, 0) is 9.53 Å². The van der Waals surface area contributed by atoms with Crippen LogP contribution in [0, 0.1) is 11.3 Å². The quantitative estimate of drug-likeness (QED) is 0.796. The first-order valence-electron chi connectivity index (χ1n) is 6.83. The van der Waals surface area contributed by atoms with Crippen LogP contribution in [0.25, 0.3) is 0 Å². The van der Waals surface area contributed by atoms with Crippen LogP contribution < -0.4 is 11.1 Å². The molecule has 4 atom stereocenters. The van der Waals surface area contributed by atoms with E-state index in [0.717, 1.165) is 13.0 Å². The molecular formula is C13H23ClN2O2. The number of halogens is 1. The van der Waals surface area contributed by atoms with Crippen molar-refractivity contribution in [3.8, 4) is 0 Å². The van der Waals surface area contributed by atoms with Crippen molar-refractivity contribution in [3.05, 3.63) is 0 Å². The molecule has 2 aliphatic carbocycles. The first-order chi connectivity index (χ1) is 8.15. The van der Waals surface area contributed by atoms with Gasteiger partial charge in [-0.1, -0.05) is 12.8 Å². The lowest BCUT2D eigenvalue weighted by molar-refractivity contribution is -0.146. The standard InChI is InChI=1S/C13H22N2O2.ClH/c1-8(14)12(16)15-10-9-4-7-17-11(9)13(10)5-2-3-6-13;/h8-11H,2-7,14H2,1H3,(H,15,16);1H. The molecule has 0 aromatic carbocycles. The Morgan fingerprint density at radius 1 is 1.44 bits per heavy atom. The molecule has 18 heavy (non-hydrogen) atoms. The lowest BCUT2D eigenvalue weighted by atomic mass is 9.54. The molecule has 3 fully saturated rings. The molecule has 3 N–H and O–H groups in total. The fourth-order valence-corrected chi connectivity index (χ4v) is 4.19. The minimum atomic E-state index is -0.408. The third-order valence-electron chi connectivity index (χ3n) is 5.00. The Morgan fingerprint density at radius 2 is 2.11 bits per heavy atom. The maximum atomic E-state index is 11.8. The van der Waals surface area contributed by atoms with Crippen LogP contribution in [0.4, 0.5) is 0 Å². The number of amides is 1. The van der Waals surface area contributed by atoms with Crippen molar-refractivity contribution in [2.75, 3.05) is 6.61 Å². The fraction of sp³-hybridized carbons (Fsp3) is 0.923. The Labute approximate surface area is 114 Å². The predicted molar refractivity (Wildman–Crippen MR) is 71.6 cm³/mol. The Bertz CT molecular complexity index is 329. The van der Waals surface area contributed by atoms with Gasteiger partial charge in [0.25, 0.3) is 0 Å². The molecule has 3 aliphatic rings. The van der Waals surface area contributed by atoms with Gasteiger partial charge in [0.05, 0.1) is 12.1 Å². The summed E-state index contributed by atoms with van der Waals surface area (Å²) in [7, 11) is 0. The highest BCUT2D eigenvalue weighted by atomic mass is 35.5. The highest BCUT2D eigenvalue weighted by molar-refractivity contribution is 5.85. The number of hydrogen-bond donors (Lipinski definition) is 2. The summed E-state index contributed by atoms with van der Waals surface area (Å²) in [4.78, 5) is 11.8. The van der Waals surface area contributed by atoms with Gasteiger partial charge < -0.3 is 15.8 Å². The van der Waals surface area contributed by atoms with E-state index in [9.17, 15) is 4.79 Å². The number of nitrogens with two attached hydrogens (primary N) is 1. The Kier molecular flexibility index (Phi) is 3.90. The van der Waals surface area contributed by atoms with Gasteiger partial charge in [-0.25, -0.2) is 0 Å². The molecule has 4 unspecified atom stereocenters. The number of hydrogen-bond acceptors (Lipinski definition) is 3. The minimum Gasteiger partial charge on any atom is -0.377 e. The molecule has 0 aromatic heterocycles. The number of nitrogens with one attached hydrogen (secondary N) is 1. The molecule has 0 aromatic rings. The maximum absolute atomic E-state index is 11.8. The van der Waals surface area contributed by atoms with Gasteiger partial charge in [0.2, 0.25) is 5.91 Å². The zero-order valence-electron chi connectivity index (χ0n) is 10.9. The highest BCUT2D eigenvalue weighted by Gasteiger charge is 2.65. The normalized spacial score (nSPS) is 37.6. The Balaban J connectivity index is 0.00000120. The maximum Gasteiger partial charge on any atom is 0.236 e. The summed E-state index contributed by atoms with van der Waals surface area (Å²) in [6.45, 7) is 2.61. The summed E-state index contributed by atoms with van der Waals surface area (Å²) in [5, 5.41) is 3.18. The molecule has 1 heterocycles. The van der Waals surface area contributed by atoms with Crippen molar-refractivity contribution >= 4 is 18.3 Å². The minimum absolute atomic E-state index is 0. The van der Waals surface area contributed by atoms with Crippen LogP contribution in [0.1, 0.15) is 39.0 Å². The molecule has 0 bridgehead atoms. The zero-order chi connectivity index (χ0) is 12.0. The topological polar surface area (TPSA) is 64.4 Å². The molecule has 1 spiro atoms. The van der Waals surface area contributed by atoms with Crippen LogP contribution in [0.5, 0.6) is 0 Å². The summed E-state index contributed by atoms with van der Waals surface area (Å²) in [5.74, 6) is 0.530. The average molecular weight is 275 g/mol. The third kappa shape index (κ3) is 1.86. The predicted octanol–water partition coefficient (Wildman–Crippen LogP) is 1.22. The van der Waals surface area contributed by atoms with E-state index in [1.807, 2.05) is 0 Å². The van der Waals surface area contributed by atoms with Crippen molar-refractivity contribution in [1.82, 2.24) is 5.32 Å². The Morgan fingerprint density at radius 3 is 2.72 bits per heavy atom. The molecule has 1 amide bonds. The van der Waals surface area contributed by atoms with Gasteiger partial charge >= 0.3 is 0 Å². The lowest BCUT2D eigenvalue weighted by Gasteiger charge is -2.56. The molecule has 4 nitrogen and oxygen atoms in total. The van der Waals surface area contributed by atoms with Crippen LogP contribution in [0.2, 0.25) is 0 Å². The number of fused-ring (bicyclic) bond motifs is 2. The summed E-state index contributed by atoms with van der Waals surface area (Å²) in [6.07, 6.45) is 6.46. The van der Waals surface area contributed by atoms with E-state index >= 15 is 0 Å². The second-order valence-corrected chi connectivity index (χ2v) is 5.96. The molecule has 1 aliphatic heterocycles. The number of rotatable bonds is 2. The molecule has 104 valence electrons. The van der Waals surface area contributed by atoms with Crippen molar-refractivity contribution in [1.29, 1.82) is 0 Å². The van der Waals surface area contributed by atoms with Crippen LogP contribution in [0.15, 0.2) is 0 Å². The van der Waals surface area contributed by atoms with E-state index in [0.29, 0.717) is 18.1 Å². The zero-order valence-corrected chi connectivity index (χ0v) is 11.7. The van der Waals surface area contributed by atoms with E-state index in [1.54, 1.807) is 6.92 Å². The monoisotopic (exact) mass is 274 g/mol. The summed E-state index contributed by atoms with van der Waals surface area (Å²) in [6, 6.07) is -0.0918. The Hall–Kier alpha value is -0.320. The third-order valence-corrected chi connectivity index (χ3v) is 5.00. The van der Waals surface area contributed by atoms with Crippen molar-refractivity contribution in [2.24, 2.45) is 17.1 Å². The number of ether oxygens (including phenoxy) is 1. The lowest BCUT2D eigenvalue weighted by Crippen LogP contribution is -2.69. The van der Waals surface area contributed by atoms with Gasteiger partial charge in [0.15, 0.2) is 0 Å². The molecule has 0 radical (unpaired) electrons. The van der Waals surface area contributed by atoms with Crippen molar-refractivity contribution < 1.29 is 9.53 Å². The van der Waals surface area contributed by atoms with Crippen LogP contribution in [0.3, 0.4) is 0 Å². The van der Waals surface area contributed by atoms with Crippen LogP contribution in [-0.4, -0.2) is 30.7 Å². The fourth-order valence-electron chi connectivity index (χ4n) is 4.19. The average Bonchev–Trinajstić information content (AvgIpc) is 2.93. The van der Waals surface area contributed by atoms with E-state index in [2.05, 4.69) is 5.32 Å².